The second kappa shape index (κ2) is 39.4. The SMILES string of the molecule is CCCCC(CCCOC(=O)c1cc(C(=O)OCCCC(CCCC)(C(=O)OC2CC(C)(C)N(O)C(C)(C)C2)C(=O)OC2CC(C)(C)N(O)C(C)(C)C2)cc(C(O)OCCCC(CCCC)(C(=O)OC2CC(C)(C)N(O)C(C)(C)C2)C(=O)OC2CC(C)(C)N(O)C(C)(C)C2)c1)(C(=O)OC1CC(C)(C)N(O)C(C)(C)C1)C(=O)OC1CC(C)(C)N(O)C(C)(C)C1. The summed E-state index contributed by atoms with van der Waals surface area (Å²) in [5.74, 6) is -7.02. The van der Waals surface area contributed by atoms with E-state index >= 15 is 28.8 Å². The molecular weight excluding hydrogens is 1590 g/mol. The van der Waals surface area contributed by atoms with Crippen LogP contribution in [-0.2, 0) is 71.4 Å². The summed E-state index contributed by atoms with van der Waals surface area (Å²) in [6.45, 7) is 48.6. The lowest BCUT2D eigenvalue weighted by Gasteiger charge is -2.51. The van der Waals surface area contributed by atoms with Crippen molar-refractivity contribution in [2.45, 2.75) is 470 Å². The van der Waals surface area contributed by atoms with Crippen LogP contribution in [0.5, 0.6) is 0 Å². The maximum Gasteiger partial charge on any atom is 0.338 e. The summed E-state index contributed by atoms with van der Waals surface area (Å²) in [6, 6.07) is 3.71. The number of rotatable bonds is 37. The Morgan fingerprint density at radius 3 is 0.650 bits per heavy atom. The summed E-state index contributed by atoms with van der Waals surface area (Å²) in [4.78, 5) is 122. The van der Waals surface area contributed by atoms with E-state index in [1.54, 1.807) is 0 Å². The zero-order valence-corrected chi connectivity index (χ0v) is 79.7. The lowest BCUT2D eigenvalue weighted by molar-refractivity contribution is -0.263. The summed E-state index contributed by atoms with van der Waals surface area (Å²) in [5, 5.41) is 87.5. The van der Waals surface area contributed by atoms with Gasteiger partial charge in [-0.25, -0.2) is 9.59 Å². The monoisotopic (exact) mass is 1740 g/mol. The molecule has 30 nitrogen and oxygen atoms in total. The molecule has 6 aliphatic heterocycles. The molecule has 6 fully saturated rings. The number of hydrogen-bond acceptors (Lipinski definition) is 30. The number of unbranched alkanes of at least 4 members (excludes halogenated alkanes) is 3. The van der Waals surface area contributed by atoms with Gasteiger partial charge in [0.15, 0.2) is 22.5 Å². The second-order valence-corrected chi connectivity index (χ2v) is 44.4. The molecule has 6 heterocycles. The highest BCUT2D eigenvalue weighted by Crippen LogP contribution is 2.49. The molecule has 7 rings (SSSR count). The zero-order valence-electron chi connectivity index (χ0n) is 79.7. The van der Waals surface area contributed by atoms with Crippen LogP contribution in [-0.4, -0.2) is 237 Å². The molecule has 7 N–H and O–H groups in total. The zero-order chi connectivity index (χ0) is 93.1. The van der Waals surface area contributed by atoms with Gasteiger partial charge >= 0.3 is 47.8 Å². The number of benzene rings is 1. The Balaban J connectivity index is 1.24. The normalized spacial score (nSPS) is 23.7. The van der Waals surface area contributed by atoms with E-state index in [0.29, 0.717) is 38.5 Å². The van der Waals surface area contributed by atoms with Gasteiger partial charge < -0.3 is 79.0 Å². The predicted octanol–water partition coefficient (Wildman–Crippen LogP) is 16.6. The highest BCUT2D eigenvalue weighted by molar-refractivity contribution is 6.02. The van der Waals surface area contributed by atoms with Crippen molar-refractivity contribution in [3.05, 3.63) is 34.9 Å². The maximum atomic E-state index is 15.3. The minimum Gasteiger partial charge on any atom is -0.462 e. The molecule has 0 aliphatic carbocycles. The quantitative estimate of drug-likeness (QED) is 0.0107. The van der Waals surface area contributed by atoms with Gasteiger partial charge in [-0.3, -0.25) is 28.8 Å². The number of piperidine rings is 6. The summed E-state index contributed by atoms with van der Waals surface area (Å²) in [5.41, 5.74) is -16.6. The molecule has 1 unspecified atom stereocenters. The highest BCUT2D eigenvalue weighted by atomic mass is 16.6. The number of ether oxygens (including phenoxy) is 9. The van der Waals surface area contributed by atoms with E-state index in [1.165, 1.54) is 48.6 Å². The van der Waals surface area contributed by atoms with Gasteiger partial charge in [-0.05, 0) is 242 Å². The topological polar surface area (TPSA) is 381 Å². The molecule has 704 valence electrons. The van der Waals surface area contributed by atoms with E-state index in [1.807, 2.05) is 187 Å². The molecule has 6 aliphatic rings. The van der Waals surface area contributed by atoms with Crippen LogP contribution in [0.25, 0.3) is 0 Å². The summed E-state index contributed by atoms with van der Waals surface area (Å²) in [6.07, 6.45) is -1.68. The first kappa shape index (κ1) is 104. The molecule has 0 saturated carbocycles. The molecule has 0 bridgehead atoms. The first-order valence-electron chi connectivity index (χ1n) is 45.3. The van der Waals surface area contributed by atoms with Crippen LogP contribution in [0, 0.1) is 16.2 Å². The van der Waals surface area contributed by atoms with Gasteiger partial charge in [0, 0.05) is 149 Å². The third kappa shape index (κ3) is 24.5. The molecule has 123 heavy (non-hydrogen) atoms. The van der Waals surface area contributed by atoms with E-state index < -0.39 is 187 Å². The molecule has 6 saturated heterocycles. The van der Waals surface area contributed by atoms with Crippen molar-refractivity contribution in [2.24, 2.45) is 16.2 Å². The van der Waals surface area contributed by atoms with Gasteiger partial charge in [0.05, 0.1) is 30.9 Å². The molecule has 0 spiro atoms. The number of aliphatic hydroxyl groups excluding tert-OH is 1. The van der Waals surface area contributed by atoms with Crippen molar-refractivity contribution < 1.29 is 117 Å². The molecular formula is C93H158N6O24. The third-order valence-electron chi connectivity index (χ3n) is 27.2. The number of carbonyl (C=O) groups is 8. The fraction of sp³-hybridized carbons (Fsp3) is 0.849. The minimum atomic E-state index is -1.94. The molecule has 1 aromatic carbocycles. The Labute approximate surface area is 732 Å². The highest BCUT2D eigenvalue weighted by Gasteiger charge is 2.59. The maximum absolute atomic E-state index is 15.3. The van der Waals surface area contributed by atoms with Crippen molar-refractivity contribution >= 4 is 47.8 Å². The Morgan fingerprint density at radius 1 is 0.301 bits per heavy atom. The number of hydroxylamine groups is 12. The summed E-state index contributed by atoms with van der Waals surface area (Å²) < 4.78 is 56.8. The lowest BCUT2D eigenvalue weighted by atomic mass is 9.77. The largest absolute Gasteiger partial charge is 0.462 e. The molecule has 1 atom stereocenters. The van der Waals surface area contributed by atoms with E-state index in [4.69, 9.17) is 42.6 Å². The summed E-state index contributed by atoms with van der Waals surface area (Å²) >= 11 is 0. The van der Waals surface area contributed by atoms with Gasteiger partial charge in [0.25, 0.3) is 0 Å². The van der Waals surface area contributed by atoms with Gasteiger partial charge in [0.2, 0.25) is 0 Å². The van der Waals surface area contributed by atoms with Gasteiger partial charge in [-0.2, -0.15) is 30.4 Å². The fourth-order valence-electron chi connectivity index (χ4n) is 21.4. The Hall–Kier alpha value is -5.58. The molecule has 1 aromatic rings. The molecule has 30 heteroatoms. The smallest absolute Gasteiger partial charge is 0.338 e. The first-order chi connectivity index (χ1) is 56.3. The van der Waals surface area contributed by atoms with Crippen molar-refractivity contribution in [3.8, 4) is 0 Å². The van der Waals surface area contributed by atoms with Crippen molar-refractivity contribution in [1.82, 2.24) is 30.4 Å². The predicted molar refractivity (Wildman–Crippen MR) is 457 cm³/mol. The lowest BCUT2D eigenvalue weighted by Crippen LogP contribution is -2.61. The first-order valence-corrected chi connectivity index (χ1v) is 45.3. The number of carbonyl (C=O) groups excluding carboxylic acids is 8. The molecule has 0 radical (unpaired) electrons. The van der Waals surface area contributed by atoms with Crippen molar-refractivity contribution in [3.63, 3.8) is 0 Å². The number of aliphatic hydroxyl groups is 1. The standard InChI is InChI=1S/C93H158N6O24/c1-28-31-37-91(73(103)118-64-49-79(4,5)94(109)80(6,7)50-64,74(104)119-65-51-81(8,9)95(110)82(10,11)52-65)40-34-43-115-70(100)61-46-62(71(101)116-44-35-41-92(38-32-29-2,75(105)120-66-53-83(12,13)96(111)84(14,15)54-66)76(106)121-67-55-85(16,17)97(112)86(18,19)56-67)48-63(47-61)72(102)117-45-36-42-93(39-33-30-3,77(107)122-68-57-87(20,21)98(113)88(22,23)58-68)78(108)123-69-59-89(24,25)99(114)90(26,27)60-69/h46-48,64-70,100,109-114H,28-45,49-60H2,1-27H3. The van der Waals surface area contributed by atoms with E-state index in [-0.39, 0.29) is 158 Å². The molecule has 0 amide bonds. The van der Waals surface area contributed by atoms with Gasteiger partial charge in [-0.1, -0.05) is 59.3 Å². The van der Waals surface area contributed by atoms with Crippen molar-refractivity contribution in [1.29, 1.82) is 0 Å². The second-order valence-electron chi connectivity index (χ2n) is 44.4. The third-order valence-corrected chi connectivity index (χ3v) is 27.2. The summed E-state index contributed by atoms with van der Waals surface area (Å²) in [7, 11) is 0. The van der Waals surface area contributed by atoms with Crippen LogP contribution >= 0.6 is 0 Å². The van der Waals surface area contributed by atoms with E-state index in [0.717, 1.165) is 0 Å². The van der Waals surface area contributed by atoms with Crippen LogP contribution < -0.4 is 0 Å². The fourth-order valence-corrected chi connectivity index (χ4v) is 21.4. The van der Waals surface area contributed by atoms with Crippen LogP contribution in [0.1, 0.15) is 393 Å². The Kier molecular flexibility index (Phi) is 33.5. The Bertz CT molecular complexity index is 3380. The van der Waals surface area contributed by atoms with Crippen LogP contribution in [0.3, 0.4) is 0 Å². The average Bonchev–Trinajstić information content (AvgIpc) is 0.764. The van der Waals surface area contributed by atoms with E-state index in [2.05, 4.69) is 0 Å². The number of nitrogens with zero attached hydrogens (tertiary/aromatic N) is 6. The van der Waals surface area contributed by atoms with Gasteiger partial charge in [-0.15, -0.1) is 0 Å². The Morgan fingerprint density at radius 2 is 0.472 bits per heavy atom. The van der Waals surface area contributed by atoms with E-state index in [9.17, 15) is 45.9 Å². The van der Waals surface area contributed by atoms with Crippen LogP contribution in [0.2, 0.25) is 0 Å². The van der Waals surface area contributed by atoms with Gasteiger partial charge in [0.1, 0.15) is 36.6 Å². The average molecular weight is 1740 g/mol. The number of hydrogen-bond donors (Lipinski definition) is 7. The minimum absolute atomic E-state index is 0.00566. The number of esters is 8. The van der Waals surface area contributed by atoms with Crippen LogP contribution in [0.4, 0.5) is 0 Å². The van der Waals surface area contributed by atoms with Crippen molar-refractivity contribution in [2.75, 3.05) is 19.8 Å². The van der Waals surface area contributed by atoms with Crippen LogP contribution in [0.15, 0.2) is 18.2 Å². The molecule has 0 aromatic heterocycles.